The highest BCUT2D eigenvalue weighted by Gasteiger charge is 2.16. The summed E-state index contributed by atoms with van der Waals surface area (Å²) in [6.07, 6.45) is 0. The minimum absolute atomic E-state index is 0.107. The molecule has 1 aromatic carbocycles. The van der Waals surface area contributed by atoms with Crippen LogP contribution < -0.4 is 10.5 Å². The Balaban J connectivity index is 2.55. The summed E-state index contributed by atoms with van der Waals surface area (Å²) >= 11 is 0. The Morgan fingerprint density at radius 1 is 1.24 bits per heavy atom. The minimum Gasteiger partial charge on any atom is -0.456 e. The van der Waals surface area contributed by atoms with Crippen LogP contribution >= 0.6 is 0 Å². The van der Waals surface area contributed by atoms with Crippen LogP contribution in [0.3, 0.4) is 0 Å². The summed E-state index contributed by atoms with van der Waals surface area (Å²) in [5.74, 6) is 0.225. The molecule has 110 valence electrons. The summed E-state index contributed by atoms with van der Waals surface area (Å²) in [4.78, 5) is 4.26. The van der Waals surface area contributed by atoms with Gasteiger partial charge < -0.3 is 15.7 Å². The molecule has 0 aliphatic carbocycles. The largest absolute Gasteiger partial charge is 0.456 e. The molecule has 0 aliphatic rings. The van der Waals surface area contributed by atoms with Gasteiger partial charge in [-0.1, -0.05) is 11.2 Å². The first-order valence-corrected chi connectivity index (χ1v) is 6.32. The fourth-order valence-corrected chi connectivity index (χ4v) is 2.04. The van der Waals surface area contributed by atoms with E-state index in [1.807, 2.05) is 0 Å². The fraction of sp³-hybridized carbons (Fsp3) is 0.200. The van der Waals surface area contributed by atoms with E-state index in [1.165, 1.54) is 12.1 Å². The molecule has 21 heavy (non-hydrogen) atoms. The van der Waals surface area contributed by atoms with Crippen molar-refractivity contribution in [2.45, 2.75) is 20.8 Å². The number of rotatable bonds is 3. The number of benzene rings is 1. The predicted octanol–water partition coefficient (Wildman–Crippen LogP) is 3.03. The van der Waals surface area contributed by atoms with Gasteiger partial charge in [0.05, 0.1) is 11.3 Å². The van der Waals surface area contributed by atoms with Gasteiger partial charge in [0.25, 0.3) is 0 Å². The normalized spacial score (nSPS) is 11.5. The lowest BCUT2D eigenvalue weighted by Gasteiger charge is -2.14. The van der Waals surface area contributed by atoms with E-state index in [2.05, 4.69) is 10.1 Å². The lowest BCUT2D eigenvalue weighted by molar-refractivity contribution is 0.318. The molecular weight excluding hydrogens is 273 g/mol. The Morgan fingerprint density at radius 2 is 1.95 bits per heavy atom. The first-order valence-electron chi connectivity index (χ1n) is 6.32. The molecule has 0 amide bonds. The molecule has 0 bridgehead atoms. The number of pyridine rings is 1. The van der Waals surface area contributed by atoms with Crippen molar-refractivity contribution in [2.24, 2.45) is 10.9 Å². The van der Waals surface area contributed by atoms with Gasteiger partial charge in [0.15, 0.2) is 5.84 Å². The average molecular weight is 289 g/mol. The maximum Gasteiger partial charge on any atom is 0.175 e. The summed E-state index contributed by atoms with van der Waals surface area (Å²) < 4.78 is 19.1. The van der Waals surface area contributed by atoms with Gasteiger partial charge in [-0.2, -0.15) is 0 Å². The zero-order chi connectivity index (χ0) is 15.6. The number of aromatic nitrogens is 1. The van der Waals surface area contributed by atoms with E-state index in [-0.39, 0.29) is 5.84 Å². The average Bonchev–Trinajstić information content (AvgIpc) is 2.41. The van der Waals surface area contributed by atoms with Crippen molar-refractivity contribution >= 4 is 5.84 Å². The summed E-state index contributed by atoms with van der Waals surface area (Å²) in [6.45, 7) is 5.33. The molecule has 0 saturated heterocycles. The van der Waals surface area contributed by atoms with Gasteiger partial charge in [0.1, 0.15) is 17.3 Å². The van der Waals surface area contributed by atoms with Crippen LogP contribution in [-0.2, 0) is 0 Å². The maximum atomic E-state index is 13.4. The van der Waals surface area contributed by atoms with E-state index in [4.69, 9.17) is 15.7 Å². The first-order chi connectivity index (χ1) is 9.92. The summed E-state index contributed by atoms with van der Waals surface area (Å²) in [5.41, 5.74) is 8.11. The number of oxime groups is 1. The number of halogens is 1. The molecule has 0 unspecified atom stereocenters. The van der Waals surface area contributed by atoms with Gasteiger partial charge in [-0.25, -0.2) is 4.39 Å². The molecule has 0 radical (unpaired) electrons. The van der Waals surface area contributed by atoms with Crippen LogP contribution in [0.5, 0.6) is 11.5 Å². The molecule has 2 rings (SSSR count). The number of aryl methyl sites for hydroxylation is 3. The van der Waals surface area contributed by atoms with E-state index >= 15 is 0 Å². The Kier molecular flexibility index (Phi) is 4.07. The van der Waals surface area contributed by atoms with Crippen LogP contribution in [0.15, 0.2) is 29.4 Å². The smallest absolute Gasteiger partial charge is 0.175 e. The summed E-state index contributed by atoms with van der Waals surface area (Å²) in [5, 5.41) is 11.9. The number of hydrogen-bond acceptors (Lipinski definition) is 4. The third kappa shape index (κ3) is 3.10. The Bertz CT molecular complexity index is 714. The molecule has 0 fully saturated rings. The van der Waals surface area contributed by atoms with Crippen molar-refractivity contribution in [1.82, 2.24) is 4.98 Å². The molecule has 2 aromatic rings. The van der Waals surface area contributed by atoms with Crippen LogP contribution in [0.4, 0.5) is 4.39 Å². The quantitative estimate of drug-likeness (QED) is 0.394. The van der Waals surface area contributed by atoms with E-state index in [1.54, 1.807) is 32.9 Å². The molecule has 5 nitrogen and oxygen atoms in total. The van der Waals surface area contributed by atoms with Gasteiger partial charge in [-0.15, -0.1) is 0 Å². The molecule has 0 saturated carbocycles. The van der Waals surface area contributed by atoms with Crippen molar-refractivity contribution < 1.29 is 14.3 Å². The van der Waals surface area contributed by atoms with Crippen LogP contribution in [0, 0.1) is 26.6 Å². The van der Waals surface area contributed by atoms with E-state index in [0.29, 0.717) is 28.5 Å². The second-order valence-electron chi connectivity index (χ2n) is 4.72. The van der Waals surface area contributed by atoms with Crippen molar-refractivity contribution in [3.63, 3.8) is 0 Å². The lowest BCUT2D eigenvalue weighted by atomic mass is 10.1. The zero-order valence-electron chi connectivity index (χ0n) is 12.0. The molecular formula is C15H16FN3O2. The Labute approximate surface area is 121 Å². The van der Waals surface area contributed by atoms with Crippen molar-refractivity contribution in [3.8, 4) is 11.5 Å². The Morgan fingerprint density at radius 3 is 2.62 bits per heavy atom. The third-order valence-electron chi connectivity index (χ3n) is 3.03. The predicted molar refractivity (Wildman–Crippen MR) is 77.4 cm³/mol. The number of amidine groups is 1. The molecule has 3 N–H and O–H groups in total. The van der Waals surface area contributed by atoms with E-state index < -0.39 is 5.82 Å². The van der Waals surface area contributed by atoms with Gasteiger partial charge in [0, 0.05) is 17.8 Å². The lowest BCUT2D eigenvalue weighted by Crippen LogP contribution is -2.17. The van der Waals surface area contributed by atoms with Crippen LogP contribution in [0.2, 0.25) is 0 Å². The fourth-order valence-electron chi connectivity index (χ4n) is 2.04. The highest BCUT2D eigenvalue weighted by Crippen LogP contribution is 2.30. The first kappa shape index (κ1) is 14.8. The second kappa shape index (κ2) is 5.78. The molecule has 0 spiro atoms. The topological polar surface area (TPSA) is 80.7 Å². The van der Waals surface area contributed by atoms with Gasteiger partial charge in [-0.3, -0.25) is 4.98 Å². The van der Waals surface area contributed by atoms with Crippen molar-refractivity contribution in [1.29, 1.82) is 0 Å². The molecule has 1 heterocycles. The number of nitrogens with two attached hydrogens (primary N) is 1. The van der Waals surface area contributed by atoms with Gasteiger partial charge in [-0.05, 0) is 32.4 Å². The molecule has 0 atom stereocenters. The summed E-state index contributed by atoms with van der Waals surface area (Å²) in [6, 6.07) is 5.92. The molecule has 6 heteroatoms. The van der Waals surface area contributed by atoms with Crippen molar-refractivity contribution in [3.05, 3.63) is 52.6 Å². The molecule has 1 aromatic heterocycles. The number of nitrogens with zero attached hydrogens (tertiary/aromatic N) is 2. The zero-order valence-corrected chi connectivity index (χ0v) is 12.0. The van der Waals surface area contributed by atoms with Crippen LogP contribution in [0.1, 0.15) is 22.5 Å². The van der Waals surface area contributed by atoms with Crippen LogP contribution in [-0.4, -0.2) is 16.0 Å². The standard InChI is InChI=1S/C15H16FN3O2/c1-8-4-5-11(16)7-12(8)21-13-6-9(2)18-10(3)14(13)15(17)19-20/h4-7,20H,1-3H3,(H2,17,19). The van der Waals surface area contributed by atoms with Gasteiger partial charge in [0.2, 0.25) is 0 Å². The highest BCUT2D eigenvalue weighted by molar-refractivity contribution is 6.00. The third-order valence-corrected chi connectivity index (χ3v) is 3.03. The van der Waals surface area contributed by atoms with Gasteiger partial charge >= 0.3 is 0 Å². The second-order valence-corrected chi connectivity index (χ2v) is 4.72. The van der Waals surface area contributed by atoms with Crippen molar-refractivity contribution in [2.75, 3.05) is 0 Å². The van der Waals surface area contributed by atoms with Crippen LogP contribution in [0.25, 0.3) is 0 Å². The Hall–Kier alpha value is -2.63. The highest BCUT2D eigenvalue weighted by atomic mass is 19.1. The monoisotopic (exact) mass is 289 g/mol. The minimum atomic E-state index is -0.400. The van der Waals surface area contributed by atoms with E-state index in [0.717, 1.165) is 5.56 Å². The number of hydrogen-bond donors (Lipinski definition) is 2. The number of ether oxygens (including phenoxy) is 1. The molecule has 0 aliphatic heterocycles. The van der Waals surface area contributed by atoms with E-state index in [9.17, 15) is 4.39 Å². The SMILES string of the molecule is Cc1cc(Oc2cc(F)ccc2C)c(/C(N)=N/O)c(C)n1. The maximum absolute atomic E-state index is 13.4. The summed E-state index contributed by atoms with van der Waals surface area (Å²) in [7, 11) is 0.